The molecule has 2 rings (SSSR count). The molecule has 1 N–H and O–H groups in total. The van der Waals surface area contributed by atoms with Crippen LogP contribution in [0.1, 0.15) is 12.6 Å². The fraction of sp³-hybridized carbons (Fsp3) is 0.250. The lowest BCUT2D eigenvalue weighted by atomic mass is 10.2. The lowest BCUT2D eigenvalue weighted by Gasteiger charge is -2.06. The minimum absolute atomic E-state index is 0.0633. The normalized spacial score (nSPS) is 10.7. The molecule has 0 fully saturated rings. The third-order valence-corrected chi connectivity index (χ3v) is 3.70. The minimum Gasteiger partial charge on any atom is -0.494 e. The molecule has 0 aliphatic heterocycles. The SMILES string of the molecule is CCOc1ccc2[nH]c(C)c(I)c(=O)c2c1. The maximum atomic E-state index is 12.0. The number of halogens is 1. The third-order valence-electron chi connectivity index (χ3n) is 2.40. The molecule has 0 aliphatic rings. The molecule has 0 aliphatic carbocycles. The molecular formula is C12H12INO2. The molecule has 16 heavy (non-hydrogen) atoms. The van der Waals surface area contributed by atoms with E-state index >= 15 is 0 Å². The molecule has 1 heterocycles. The van der Waals surface area contributed by atoms with Gasteiger partial charge in [0.25, 0.3) is 0 Å². The van der Waals surface area contributed by atoms with Crippen LogP contribution in [0.5, 0.6) is 5.75 Å². The number of aromatic nitrogens is 1. The van der Waals surface area contributed by atoms with E-state index in [-0.39, 0.29) is 5.43 Å². The Morgan fingerprint density at radius 3 is 2.88 bits per heavy atom. The Kier molecular flexibility index (Phi) is 3.18. The van der Waals surface area contributed by atoms with Crippen molar-refractivity contribution in [3.63, 3.8) is 0 Å². The molecule has 0 amide bonds. The van der Waals surface area contributed by atoms with Gasteiger partial charge in [0.1, 0.15) is 5.75 Å². The lowest BCUT2D eigenvalue weighted by molar-refractivity contribution is 0.340. The topological polar surface area (TPSA) is 42.1 Å². The summed E-state index contributed by atoms with van der Waals surface area (Å²) >= 11 is 2.07. The Morgan fingerprint density at radius 2 is 2.19 bits per heavy atom. The molecule has 0 spiro atoms. The number of rotatable bonds is 2. The second kappa shape index (κ2) is 4.45. The van der Waals surface area contributed by atoms with Crippen molar-refractivity contribution in [2.24, 2.45) is 0 Å². The number of nitrogens with one attached hydrogen (secondary N) is 1. The smallest absolute Gasteiger partial charge is 0.203 e. The first-order valence-electron chi connectivity index (χ1n) is 5.08. The van der Waals surface area contributed by atoms with Crippen LogP contribution in [0, 0.1) is 10.5 Å². The second-order valence-electron chi connectivity index (χ2n) is 3.53. The van der Waals surface area contributed by atoms with E-state index in [0.29, 0.717) is 12.0 Å². The molecule has 0 saturated carbocycles. The van der Waals surface area contributed by atoms with E-state index in [9.17, 15) is 4.79 Å². The van der Waals surface area contributed by atoms with Crippen LogP contribution >= 0.6 is 22.6 Å². The molecule has 3 nitrogen and oxygen atoms in total. The summed E-state index contributed by atoms with van der Waals surface area (Å²) in [5.74, 6) is 0.736. The van der Waals surface area contributed by atoms with E-state index in [1.807, 2.05) is 26.0 Å². The Bertz CT molecular complexity index is 589. The van der Waals surface area contributed by atoms with E-state index in [4.69, 9.17) is 4.74 Å². The van der Waals surface area contributed by atoms with Gasteiger partial charge >= 0.3 is 0 Å². The fourth-order valence-electron chi connectivity index (χ4n) is 1.62. The summed E-state index contributed by atoms with van der Waals surface area (Å²) in [6.45, 7) is 4.43. The van der Waals surface area contributed by atoms with Crippen molar-refractivity contribution >= 4 is 33.5 Å². The van der Waals surface area contributed by atoms with E-state index in [0.717, 1.165) is 20.5 Å². The van der Waals surface area contributed by atoms with Crippen molar-refractivity contribution in [1.29, 1.82) is 0 Å². The number of hydrogen-bond donors (Lipinski definition) is 1. The predicted octanol–water partition coefficient (Wildman–Crippen LogP) is 2.84. The molecule has 0 atom stereocenters. The fourth-order valence-corrected chi connectivity index (χ4v) is 2.05. The van der Waals surface area contributed by atoms with Crippen molar-refractivity contribution in [2.75, 3.05) is 6.61 Å². The monoisotopic (exact) mass is 329 g/mol. The van der Waals surface area contributed by atoms with Crippen LogP contribution in [0.2, 0.25) is 0 Å². The summed E-state index contributed by atoms with van der Waals surface area (Å²) < 4.78 is 6.12. The summed E-state index contributed by atoms with van der Waals surface area (Å²) in [6.07, 6.45) is 0. The second-order valence-corrected chi connectivity index (χ2v) is 4.61. The molecule has 2 aromatic rings. The van der Waals surface area contributed by atoms with Gasteiger partial charge in [-0.25, -0.2) is 0 Å². The molecule has 0 unspecified atom stereocenters. The number of benzene rings is 1. The predicted molar refractivity (Wildman–Crippen MR) is 73.2 cm³/mol. The Labute approximate surface area is 107 Å². The highest BCUT2D eigenvalue weighted by Crippen LogP contribution is 2.19. The summed E-state index contributed by atoms with van der Waals surface area (Å²) in [5, 5.41) is 0.681. The maximum absolute atomic E-state index is 12.0. The molecule has 4 heteroatoms. The maximum Gasteiger partial charge on any atom is 0.203 e. The van der Waals surface area contributed by atoms with Crippen molar-refractivity contribution in [2.45, 2.75) is 13.8 Å². The largest absolute Gasteiger partial charge is 0.494 e. The summed E-state index contributed by atoms with van der Waals surface area (Å²) in [6, 6.07) is 5.54. The van der Waals surface area contributed by atoms with Crippen molar-refractivity contribution < 1.29 is 4.74 Å². The summed E-state index contributed by atoms with van der Waals surface area (Å²) in [4.78, 5) is 15.2. The number of aryl methyl sites for hydroxylation is 1. The highest BCUT2D eigenvalue weighted by atomic mass is 127. The zero-order chi connectivity index (χ0) is 11.7. The van der Waals surface area contributed by atoms with Gasteiger partial charge in [0.2, 0.25) is 5.43 Å². The molecule has 1 aromatic heterocycles. The van der Waals surface area contributed by atoms with Gasteiger partial charge in [-0.1, -0.05) is 0 Å². The van der Waals surface area contributed by atoms with Gasteiger partial charge in [-0.3, -0.25) is 4.79 Å². The van der Waals surface area contributed by atoms with Crippen molar-refractivity contribution in [3.05, 3.63) is 37.7 Å². The van der Waals surface area contributed by atoms with Gasteiger partial charge < -0.3 is 9.72 Å². The van der Waals surface area contributed by atoms with Crippen LogP contribution < -0.4 is 10.2 Å². The van der Waals surface area contributed by atoms with Crippen LogP contribution in [0.3, 0.4) is 0 Å². The van der Waals surface area contributed by atoms with Crippen molar-refractivity contribution in [1.82, 2.24) is 4.98 Å². The zero-order valence-electron chi connectivity index (χ0n) is 9.13. The number of pyridine rings is 1. The van der Waals surface area contributed by atoms with E-state index in [1.165, 1.54) is 0 Å². The van der Waals surface area contributed by atoms with E-state index in [1.54, 1.807) is 6.07 Å². The van der Waals surface area contributed by atoms with Crippen LogP contribution in [0.15, 0.2) is 23.0 Å². The van der Waals surface area contributed by atoms with Crippen LogP contribution in [-0.4, -0.2) is 11.6 Å². The number of ether oxygens (including phenoxy) is 1. The number of aromatic amines is 1. The van der Waals surface area contributed by atoms with Gasteiger partial charge in [-0.15, -0.1) is 0 Å². The first-order valence-corrected chi connectivity index (χ1v) is 6.16. The molecule has 84 valence electrons. The standard InChI is InChI=1S/C12H12INO2/c1-3-16-8-4-5-10-9(6-8)12(15)11(13)7(2)14-10/h4-6H,3H2,1-2H3,(H,14,15). The Balaban J connectivity index is 2.73. The van der Waals surface area contributed by atoms with Gasteiger partial charge in [0.05, 0.1) is 15.6 Å². The van der Waals surface area contributed by atoms with Crippen molar-refractivity contribution in [3.8, 4) is 5.75 Å². The molecular weight excluding hydrogens is 317 g/mol. The average molecular weight is 329 g/mol. The van der Waals surface area contributed by atoms with Gasteiger partial charge in [-0.2, -0.15) is 0 Å². The summed E-state index contributed by atoms with van der Waals surface area (Å²) in [7, 11) is 0. The van der Waals surface area contributed by atoms with E-state index < -0.39 is 0 Å². The highest BCUT2D eigenvalue weighted by molar-refractivity contribution is 14.1. The molecule has 1 aromatic carbocycles. The Hall–Kier alpha value is -1.04. The molecule has 0 bridgehead atoms. The third kappa shape index (κ3) is 1.93. The van der Waals surface area contributed by atoms with Crippen LogP contribution in [0.4, 0.5) is 0 Å². The van der Waals surface area contributed by atoms with Crippen LogP contribution in [-0.2, 0) is 0 Å². The first kappa shape index (κ1) is 11.4. The van der Waals surface area contributed by atoms with Crippen LogP contribution in [0.25, 0.3) is 10.9 Å². The molecule has 0 radical (unpaired) electrons. The molecule has 0 saturated heterocycles. The van der Waals surface area contributed by atoms with Gasteiger partial charge in [0.15, 0.2) is 0 Å². The number of fused-ring (bicyclic) bond motifs is 1. The zero-order valence-corrected chi connectivity index (χ0v) is 11.3. The van der Waals surface area contributed by atoms with E-state index in [2.05, 4.69) is 27.6 Å². The lowest BCUT2D eigenvalue weighted by Crippen LogP contribution is -2.09. The van der Waals surface area contributed by atoms with Gasteiger partial charge in [0, 0.05) is 11.2 Å². The first-order chi connectivity index (χ1) is 7.63. The number of hydrogen-bond acceptors (Lipinski definition) is 2. The Morgan fingerprint density at radius 1 is 1.44 bits per heavy atom. The summed E-state index contributed by atoms with van der Waals surface area (Å²) in [5.41, 5.74) is 1.82. The van der Waals surface area contributed by atoms with Gasteiger partial charge in [-0.05, 0) is 54.6 Å². The quantitative estimate of drug-likeness (QED) is 0.861. The minimum atomic E-state index is 0.0633. The highest BCUT2D eigenvalue weighted by Gasteiger charge is 2.07. The average Bonchev–Trinajstić information content (AvgIpc) is 2.28. The number of H-pyrrole nitrogens is 1.